The zero-order chi connectivity index (χ0) is 19.8. The molecule has 1 atom stereocenters. The highest BCUT2D eigenvalue weighted by atomic mass is 35.5. The van der Waals surface area contributed by atoms with Crippen LogP contribution in [-0.2, 0) is 11.2 Å². The highest BCUT2D eigenvalue weighted by Gasteiger charge is 2.39. The van der Waals surface area contributed by atoms with Crippen molar-refractivity contribution < 1.29 is 9.21 Å². The molecule has 1 N–H and O–H groups in total. The molecule has 0 unspecified atom stereocenters. The van der Waals surface area contributed by atoms with Crippen molar-refractivity contribution in [1.82, 2.24) is 10.2 Å². The SMILES string of the molecule is CCc1nnc([C@@H]2C(=N)S/C(=C\c3ccc(-c4cc(Cl)ccc4Cl)o3)C2=O)s1. The Bertz CT molecular complexity index is 1120. The predicted octanol–water partition coefficient (Wildman–Crippen LogP) is 6.09. The van der Waals surface area contributed by atoms with E-state index in [4.69, 9.17) is 33.0 Å². The Morgan fingerprint density at radius 3 is 2.82 bits per heavy atom. The lowest BCUT2D eigenvalue weighted by Gasteiger charge is -2.01. The van der Waals surface area contributed by atoms with Crippen LogP contribution in [0.4, 0.5) is 0 Å². The summed E-state index contributed by atoms with van der Waals surface area (Å²) in [6.07, 6.45) is 2.40. The molecule has 0 bridgehead atoms. The van der Waals surface area contributed by atoms with E-state index in [1.54, 1.807) is 36.4 Å². The summed E-state index contributed by atoms with van der Waals surface area (Å²) in [5.74, 6) is 0.221. The minimum Gasteiger partial charge on any atom is -0.457 e. The summed E-state index contributed by atoms with van der Waals surface area (Å²) in [4.78, 5) is 13.3. The lowest BCUT2D eigenvalue weighted by Crippen LogP contribution is -2.11. The topological polar surface area (TPSA) is 79.8 Å². The summed E-state index contributed by atoms with van der Waals surface area (Å²) in [5.41, 5.74) is 0.677. The minimum atomic E-state index is -0.675. The molecule has 1 aromatic carbocycles. The molecule has 0 saturated carbocycles. The number of ketones is 1. The van der Waals surface area contributed by atoms with E-state index >= 15 is 0 Å². The summed E-state index contributed by atoms with van der Waals surface area (Å²) in [6.45, 7) is 1.98. The highest BCUT2D eigenvalue weighted by molar-refractivity contribution is 8.19. The molecule has 1 saturated heterocycles. The van der Waals surface area contributed by atoms with Gasteiger partial charge in [0.05, 0.1) is 15.0 Å². The first-order valence-electron chi connectivity index (χ1n) is 8.36. The van der Waals surface area contributed by atoms with Gasteiger partial charge in [0.15, 0.2) is 5.78 Å². The van der Waals surface area contributed by atoms with E-state index in [1.807, 2.05) is 6.92 Å². The molecule has 3 heterocycles. The largest absolute Gasteiger partial charge is 0.457 e. The standard InChI is InChI=1S/C19H13Cl2N3O2S2/c1-2-15-23-24-19(28-15)16-17(25)14(27-18(16)22)8-10-4-6-13(26-10)11-7-9(20)3-5-12(11)21/h3-8,16,22H,2H2,1H3/b14-8-,22-18?/t16-/m0/s1. The fourth-order valence-electron chi connectivity index (χ4n) is 2.73. The average Bonchev–Trinajstić information content (AvgIpc) is 3.38. The summed E-state index contributed by atoms with van der Waals surface area (Å²) in [7, 11) is 0. The average molecular weight is 450 g/mol. The molecule has 4 rings (SSSR count). The molecule has 0 amide bonds. The van der Waals surface area contributed by atoms with Crippen molar-refractivity contribution in [2.24, 2.45) is 0 Å². The maximum Gasteiger partial charge on any atom is 0.186 e. The molecular formula is C19H13Cl2N3O2S2. The van der Waals surface area contributed by atoms with E-state index in [9.17, 15) is 4.79 Å². The molecule has 28 heavy (non-hydrogen) atoms. The first kappa shape index (κ1) is 19.4. The molecule has 1 fully saturated rings. The molecule has 3 aromatic rings. The van der Waals surface area contributed by atoms with Crippen LogP contribution in [0.2, 0.25) is 10.0 Å². The van der Waals surface area contributed by atoms with Crippen LogP contribution in [0.15, 0.2) is 39.7 Å². The number of nitrogens with one attached hydrogen (secondary N) is 1. The smallest absolute Gasteiger partial charge is 0.186 e. The first-order chi connectivity index (χ1) is 13.5. The Hall–Kier alpha value is -1.93. The third-order valence-electron chi connectivity index (χ3n) is 4.11. The second-order valence-electron chi connectivity index (χ2n) is 5.99. The number of aryl methyl sites for hydroxylation is 1. The lowest BCUT2D eigenvalue weighted by molar-refractivity contribution is -0.114. The molecule has 2 aromatic heterocycles. The van der Waals surface area contributed by atoms with Gasteiger partial charge in [-0.1, -0.05) is 41.9 Å². The van der Waals surface area contributed by atoms with Gasteiger partial charge in [-0.2, -0.15) is 0 Å². The van der Waals surface area contributed by atoms with Crippen LogP contribution in [0.25, 0.3) is 17.4 Å². The minimum absolute atomic E-state index is 0.160. The van der Waals surface area contributed by atoms with Crippen LogP contribution in [0.1, 0.15) is 28.6 Å². The van der Waals surface area contributed by atoms with Gasteiger partial charge in [0.25, 0.3) is 0 Å². The quantitative estimate of drug-likeness (QED) is 0.487. The summed E-state index contributed by atoms with van der Waals surface area (Å²) >= 11 is 14.8. The molecule has 0 radical (unpaired) electrons. The third kappa shape index (κ3) is 3.67. The van der Waals surface area contributed by atoms with Crippen molar-refractivity contribution in [3.05, 3.63) is 61.1 Å². The highest BCUT2D eigenvalue weighted by Crippen LogP contribution is 2.42. The van der Waals surface area contributed by atoms with Crippen molar-refractivity contribution in [3.8, 4) is 11.3 Å². The number of nitrogens with zero attached hydrogens (tertiary/aromatic N) is 2. The number of rotatable bonds is 4. The third-order valence-corrected chi connectivity index (χ3v) is 6.80. The Labute approximate surface area is 179 Å². The molecule has 0 aliphatic carbocycles. The molecule has 9 heteroatoms. The van der Waals surface area contributed by atoms with Crippen LogP contribution in [0, 0.1) is 5.41 Å². The fourth-order valence-corrected chi connectivity index (χ4v) is 5.05. The number of halogens is 2. The maximum absolute atomic E-state index is 12.8. The van der Waals surface area contributed by atoms with Gasteiger partial charge in [-0.15, -0.1) is 21.5 Å². The van der Waals surface area contributed by atoms with Gasteiger partial charge in [-0.3, -0.25) is 10.2 Å². The van der Waals surface area contributed by atoms with E-state index in [2.05, 4.69) is 10.2 Å². The van der Waals surface area contributed by atoms with Gasteiger partial charge in [0, 0.05) is 10.6 Å². The Morgan fingerprint density at radius 1 is 1.25 bits per heavy atom. The van der Waals surface area contributed by atoms with Gasteiger partial charge in [-0.25, -0.2) is 0 Å². The normalized spacial score (nSPS) is 18.4. The van der Waals surface area contributed by atoms with Crippen molar-refractivity contribution in [3.63, 3.8) is 0 Å². The van der Waals surface area contributed by atoms with E-state index in [-0.39, 0.29) is 10.8 Å². The second-order valence-corrected chi connectivity index (χ2v) is 9.01. The first-order valence-corrected chi connectivity index (χ1v) is 10.7. The van der Waals surface area contributed by atoms with Crippen LogP contribution in [0.5, 0.6) is 0 Å². The number of thioether (sulfide) groups is 1. The number of Topliss-reactive ketones (excluding diaryl/α,β-unsaturated/α-hetero) is 1. The number of carbonyl (C=O) groups is 1. The van der Waals surface area contributed by atoms with Gasteiger partial charge in [-0.05, 0) is 42.8 Å². The van der Waals surface area contributed by atoms with Crippen LogP contribution >= 0.6 is 46.3 Å². The van der Waals surface area contributed by atoms with Crippen LogP contribution in [0.3, 0.4) is 0 Å². The van der Waals surface area contributed by atoms with Crippen molar-refractivity contribution in [2.45, 2.75) is 19.3 Å². The van der Waals surface area contributed by atoms with Crippen molar-refractivity contribution in [2.75, 3.05) is 0 Å². The van der Waals surface area contributed by atoms with E-state index < -0.39 is 5.92 Å². The number of hydrogen-bond donors (Lipinski definition) is 1. The lowest BCUT2D eigenvalue weighted by atomic mass is 10.1. The summed E-state index contributed by atoms with van der Waals surface area (Å²) in [6, 6.07) is 8.66. The van der Waals surface area contributed by atoms with Gasteiger partial charge in [0.2, 0.25) is 0 Å². The Balaban J connectivity index is 1.61. The summed E-state index contributed by atoms with van der Waals surface area (Å²) in [5, 5.41) is 19.1. The molecule has 0 spiro atoms. The number of furan rings is 1. The van der Waals surface area contributed by atoms with Gasteiger partial charge < -0.3 is 4.42 Å². The Morgan fingerprint density at radius 2 is 2.07 bits per heavy atom. The van der Waals surface area contributed by atoms with Crippen LogP contribution < -0.4 is 0 Å². The van der Waals surface area contributed by atoms with Crippen molar-refractivity contribution >= 4 is 63.2 Å². The zero-order valence-corrected chi connectivity index (χ0v) is 17.7. The number of aromatic nitrogens is 2. The van der Waals surface area contributed by atoms with Crippen molar-refractivity contribution in [1.29, 1.82) is 5.41 Å². The van der Waals surface area contributed by atoms with Gasteiger partial charge in [0.1, 0.15) is 27.5 Å². The summed E-state index contributed by atoms with van der Waals surface area (Å²) < 4.78 is 5.83. The van der Waals surface area contributed by atoms with Gasteiger partial charge >= 0.3 is 0 Å². The number of hydrogen-bond acceptors (Lipinski definition) is 7. The molecule has 1 aliphatic heterocycles. The molecule has 142 valence electrons. The monoisotopic (exact) mass is 449 g/mol. The second kappa shape index (κ2) is 7.83. The van der Waals surface area contributed by atoms with E-state index in [0.717, 1.165) is 23.2 Å². The molecule has 1 aliphatic rings. The van der Waals surface area contributed by atoms with E-state index in [0.29, 0.717) is 37.0 Å². The Kier molecular flexibility index (Phi) is 5.42. The fraction of sp³-hybridized carbons (Fsp3) is 0.158. The number of carbonyl (C=O) groups excluding carboxylic acids is 1. The molecule has 5 nitrogen and oxygen atoms in total. The maximum atomic E-state index is 12.8. The van der Waals surface area contributed by atoms with Crippen LogP contribution in [-0.4, -0.2) is 21.0 Å². The molecular weight excluding hydrogens is 437 g/mol. The van der Waals surface area contributed by atoms with E-state index in [1.165, 1.54) is 11.3 Å². The number of benzene rings is 1. The number of allylic oxidation sites excluding steroid dienone is 1. The predicted molar refractivity (Wildman–Crippen MR) is 114 cm³/mol. The zero-order valence-electron chi connectivity index (χ0n) is 14.5.